The van der Waals surface area contributed by atoms with E-state index in [4.69, 9.17) is 4.74 Å². The van der Waals surface area contributed by atoms with Crippen LogP contribution in [0.5, 0.6) is 5.75 Å². The summed E-state index contributed by atoms with van der Waals surface area (Å²) in [5.74, 6) is 0.798. The van der Waals surface area contributed by atoms with E-state index in [-0.39, 0.29) is 5.91 Å². The van der Waals surface area contributed by atoms with Crippen molar-refractivity contribution in [3.63, 3.8) is 0 Å². The van der Waals surface area contributed by atoms with Crippen LogP contribution >= 0.6 is 0 Å². The first-order valence-electron chi connectivity index (χ1n) is 5.74. The Bertz CT molecular complexity index is 587. The van der Waals surface area contributed by atoms with Gasteiger partial charge in [-0.05, 0) is 17.7 Å². The average Bonchev–Trinajstić information content (AvgIpc) is 2.93. The molecule has 3 rings (SSSR count). The molecule has 1 N–H and O–H groups in total. The molecule has 0 unspecified atom stereocenters. The SMILES string of the molecule is COc1ccc(Cn2cc3c(n2)CNC3=O)cc1. The number of hydrogen-bond donors (Lipinski definition) is 1. The lowest BCUT2D eigenvalue weighted by atomic mass is 10.2. The standard InChI is InChI=1S/C13H13N3O2/c1-18-10-4-2-9(3-5-10)7-16-8-11-12(15-16)6-14-13(11)17/h2-5,8H,6-7H2,1H3,(H,14,17). The highest BCUT2D eigenvalue weighted by Crippen LogP contribution is 2.15. The van der Waals surface area contributed by atoms with Crippen LogP contribution in [0.3, 0.4) is 0 Å². The molecule has 1 aliphatic rings. The third kappa shape index (κ3) is 1.84. The van der Waals surface area contributed by atoms with Crippen LogP contribution in [0.2, 0.25) is 0 Å². The summed E-state index contributed by atoms with van der Waals surface area (Å²) in [6.07, 6.45) is 1.79. The Kier molecular flexibility index (Phi) is 2.51. The van der Waals surface area contributed by atoms with E-state index in [2.05, 4.69) is 10.4 Å². The number of nitrogens with one attached hydrogen (secondary N) is 1. The molecule has 5 heteroatoms. The minimum absolute atomic E-state index is 0.0361. The van der Waals surface area contributed by atoms with Crippen molar-refractivity contribution in [3.8, 4) is 5.75 Å². The van der Waals surface area contributed by atoms with Crippen molar-refractivity contribution in [2.45, 2.75) is 13.1 Å². The number of carbonyl (C=O) groups is 1. The van der Waals surface area contributed by atoms with E-state index in [0.29, 0.717) is 18.7 Å². The first-order valence-corrected chi connectivity index (χ1v) is 5.74. The Morgan fingerprint density at radius 2 is 2.17 bits per heavy atom. The number of ether oxygens (including phenoxy) is 1. The summed E-state index contributed by atoms with van der Waals surface area (Å²) < 4.78 is 6.90. The molecule has 1 aromatic carbocycles. The lowest BCUT2D eigenvalue weighted by Gasteiger charge is -2.04. The molecule has 0 fully saturated rings. The monoisotopic (exact) mass is 243 g/mol. The molecule has 5 nitrogen and oxygen atoms in total. The van der Waals surface area contributed by atoms with Crippen molar-refractivity contribution in [1.29, 1.82) is 0 Å². The van der Waals surface area contributed by atoms with Gasteiger partial charge in [0.05, 0.1) is 31.5 Å². The molecule has 1 amide bonds. The first-order chi connectivity index (χ1) is 8.76. The van der Waals surface area contributed by atoms with E-state index in [1.165, 1.54) is 0 Å². The maximum Gasteiger partial charge on any atom is 0.255 e. The fourth-order valence-electron chi connectivity index (χ4n) is 2.04. The van der Waals surface area contributed by atoms with Gasteiger partial charge in [0.15, 0.2) is 0 Å². The van der Waals surface area contributed by atoms with E-state index >= 15 is 0 Å². The number of amides is 1. The number of hydrogen-bond acceptors (Lipinski definition) is 3. The van der Waals surface area contributed by atoms with Gasteiger partial charge in [0.1, 0.15) is 5.75 Å². The summed E-state index contributed by atoms with van der Waals surface area (Å²) in [6, 6.07) is 7.82. The molecular formula is C13H13N3O2. The topological polar surface area (TPSA) is 56.1 Å². The second kappa shape index (κ2) is 4.18. The molecule has 0 atom stereocenters. The number of methoxy groups -OCH3 is 1. The molecule has 1 aliphatic heterocycles. The van der Waals surface area contributed by atoms with Crippen LogP contribution in [0, 0.1) is 0 Å². The summed E-state index contributed by atoms with van der Waals surface area (Å²) in [5, 5.41) is 7.12. The molecule has 2 heterocycles. The molecule has 92 valence electrons. The number of fused-ring (bicyclic) bond motifs is 1. The molecule has 0 aliphatic carbocycles. The minimum Gasteiger partial charge on any atom is -0.497 e. The summed E-state index contributed by atoms with van der Waals surface area (Å²) in [4.78, 5) is 11.4. The quantitative estimate of drug-likeness (QED) is 0.880. The van der Waals surface area contributed by atoms with E-state index < -0.39 is 0 Å². The van der Waals surface area contributed by atoms with Gasteiger partial charge in [0.25, 0.3) is 5.91 Å². The van der Waals surface area contributed by atoms with Crippen molar-refractivity contribution >= 4 is 5.91 Å². The molecule has 0 radical (unpaired) electrons. The predicted octanol–water partition coefficient (Wildman–Crippen LogP) is 1.18. The zero-order chi connectivity index (χ0) is 12.5. The Morgan fingerprint density at radius 1 is 1.39 bits per heavy atom. The Labute approximate surface area is 104 Å². The fraction of sp³-hybridized carbons (Fsp3) is 0.231. The first kappa shape index (κ1) is 10.8. The second-order valence-electron chi connectivity index (χ2n) is 4.22. The largest absolute Gasteiger partial charge is 0.497 e. The summed E-state index contributed by atoms with van der Waals surface area (Å²) in [5.41, 5.74) is 2.63. The van der Waals surface area contributed by atoms with E-state index in [9.17, 15) is 4.79 Å². The molecule has 2 aromatic rings. The van der Waals surface area contributed by atoms with Crippen LogP contribution in [0.25, 0.3) is 0 Å². The number of nitrogens with zero attached hydrogens (tertiary/aromatic N) is 2. The maximum absolute atomic E-state index is 11.4. The highest BCUT2D eigenvalue weighted by atomic mass is 16.5. The van der Waals surface area contributed by atoms with Gasteiger partial charge in [0, 0.05) is 6.20 Å². The fourth-order valence-corrected chi connectivity index (χ4v) is 2.04. The highest BCUT2D eigenvalue weighted by Gasteiger charge is 2.22. The van der Waals surface area contributed by atoms with Crippen LogP contribution in [0.4, 0.5) is 0 Å². The second-order valence-corrected chi connectivity index (χ2v) is 4.22. The van der Waals surface area contributed by atoms with Crippen LogP contribution in [0.15, 0.2) is 30.5 Å². The molecule has 18 heavy (non-hydrogen) atoms. The third-order valence-corrected chi connectivity index (χ3v) is 3.00. The van der Waals surface area contributed by atoms with Crippen LogP contribution < -0.4 is 10.1 Å². The molecule has 0 saturated heterocycles. The van der Waals surface area contributed by atoms with Gasteiger partial charge in [-0.2, -0.15) is 5.10 Å². The number of benzene rings is 1. The van der Waals surface area contributed by atoms with Gasteiger partial charge >= 0.3 is 0 Å². The maximum atomic E-state index is 11.4. The van der Waals surface area contributed by atoms with Gasteiger partial charge in [-0.25, -0.2) is 0 Å². The zero-order valence-corrected chi connectivity index (χ0v) is 10.0. The molecule has 1 aromatic heterocycles. The number of carbonyl (C=O) groups excluding carboxylic acids is 1. The van der Waals surface area contributed by atoms with Gasteiger partial charge in [-0.1, -0.05) is 12.1 Å². The van der Waals surface area contributed by atoms with Crippen LogP contribution in [0.1, 0.15) is 21.6 Å². The summed E-state index contributed by atoms with van der Waals surface area (Å²) in [6.45, 7) is 1.19. The van der Waals surface area contributed by atoms with Crippen LogP contribution in [-0.2, 0) is 13.1 Å². The number of rotatable bonds is 3. The Morgan fingerprint density at radius 3 is 2.83 bits per heavy atom. The average molecular weight is 243 g/mol. The Hall–Kier alpha value is -2.30. The van der Waals surface area contributed by atoms with Gasteiger partial charge in [0.2, 0.25) is 0 Å². The normalized spacial score (nSPS) is 13.3. The molecule has 0 bridgehead atoms. The number of aromatic nitrogens is 2. The molecule has 0 spiro atoms. The van der Waals surface area contributed by atoms with Gasteiger partial charge in [-0.15, -0.1) is 0 Å². The minimum atomic E-state index is -0.0361. The van der Waals surface area contributed by atoms with Crippen molar-refractivity contribution in [2.24, 2.45) is 0 Å². The van der Waals surface area contributed by atoms with Gasteiger partial charge in [-0.3, -0.25) is 9.48 Å². The van der Waals surface area contributed by atoms with E-state index in [1.807, 2.05) is 24.3 Å². The third-order valence-electron chi connectivity index (χ3n) is 3.00. The van der Waals surface area contributed by atoms with Crippen molar-refractivity contribution in [3.05, 3.63) is 47.3 Å². The summed E-state index contributed by atoms with van der Waals surface area (Å²) in [7, 11) is 1.64. The predicted molar refractivity (Wildman–Crippen MR) is 65.5 cm³/mol. The summed E-state index contributed by atoms with van der Waals surface area (Å²) >= 11 is 0. The van der Waals surface area contributed by atoms with Crippen molar-refractivity contribution in [2.75, 3.05) is 7.11 Å². The zero-order valence-electron chi connectivity index (χ0n) is 10.0. The smallest absolute Gasteiger partial charge is 0.255 e. The highest BCUT2D eigenvalue weighted by molar-refractivity contribution is 5.97. The Balaban J connectivity index is 1.80. The van der Waals surface area contributed by atoms with E-state index in [0.717, 1.165) is 17.0 Å². The van der Waals surface area contributed by atoms with Crippen molar-refractivity contribution in [1.82, 2.24) is 15.1 Å². The molecular weight excluding hydrogens is 230 g/mol. The van der Waals surface area contributed by atoms with Crippen molar-refractivity contribution < 1.29 is 9.53 Å². The lowest BCUT2D eigenvalue weighted by Crippen LogP contribution is -2.14. The lowest BCUT2D eigenvalue weighted by molar-refractivity contribution is 0.0965. The van der Waals surface area contributed by atoms with E-state index in [1.54, 1.807) is 18.0 Å². The van der Waals surface area contributed by atoms with Gasteiger partial charge < -0.3 is 10.1 Å². The molecule has 0 saturated carbocycles. The van der Waals surface area contributed by atoms with Crippen LogP contribution in [-0.4, -0.2) is 22.8 Å².